The first-order valence-electron chi connectivity index (χ1n) is 3.63. The summed E-state index contributed by atoms with van der Waals surface area (Å²) >= 11 is 0. The summed E-state index contributed by atoms with van der Waals surface area (Å²) < 4.78 is 35.7. The summed E-state index contributed by atoms with van der Waals surface area (Å²) in [6.07, 6.45) is -4.43. The van der Waals surface area contributed by atoms with E-state index >= 15 is 0 Å². The molecular formula is C8H6F3NO2. The van der Waals surface area contributed by atoms with Crippen molar-refractivity contribution < 1.29 is 23.1 Å². The summed E-state index contributed by atoms with van der Waals surface area (Å²) in [7, 11) is 0. The average molecular weight is 205 g/mol. The lowest BCUT2D eigenvalue weighted by molar-refractivity contribution is -0.127. The van der Waals surface area contributed by atoms with Gasteiger partial charge in [0, 0.05) is 6.20 Å². The Hall–Kier alpha value is -1.59. The van der Waals surface area contributed by atoms with Crippen LogP contribution in [0.2, 0.25) is 0 Å². The van der Waals surface area contributed by atoms with E-state index in [0.29, 0.717) is 0 Å². The van der Waals surface area contributed by atoms with Gasteiger partial charge in [-0.15, -0.1) is 0 Å². The van der Waals surface area contributed by atoms with Crippen molar-refractivity contribution in [3.05, 3.63) is 29.6 Å². The molecule has 0 saturated carbocycles. The first-order chi connectivity index (χ1) is 6.38. The van der Waals surface area contributed by atoms with Gasteiger partial charge >= 0.3 is 12.1 Å². The van der Waals surface area contributed by atoms with Gasteiger partial charge in [-0.05, 0) is 17.7 Å². The van der Waals surface area contributed by atoms with Crippen molar-refractivity contribution >= 4 is 5.97 Å². The summed E-state index contributed by atoms with van der Waals surface area (Å²) in [6.45, 7) is 0. The lowest BCUT2D eigenvalue weighted by Crippen LogP contribution is -2.12. The van der Waals surface area contributed by atoms with Gasteiger partial charge in [0.15, 0.2) is 0 Å². The maximum Gasteiger partial charge on any atom is 0.393 e. The third kappa shape index (κ3) is 3.04. The van der Waals surface area contributed by atoms with E-state index in [1.54, 1.807) is 0 Å². The van der Waals surface area contributed by atoms with E-state index in [1.165, 1.54) is 0 Å². The highest BCUT2D eigenvalue weighted by Gasteiger charge is 2.27. The van der Waals surface area contributed by atoms with Crippen LogP contribution in [0, 0.1) is 0 Å². The van der Waals surface area contributed by atoms with Crippen molar-refractivity contribution in [3.63, 3.8) is 0 Å². The molecule has 0 aliphatic carbocycles. The van der Waals surface area contributed by atoms with E-state index in [0.717, 1.165) is 18.3 Å². The molecule has 1 aromatic heterocycles. The van der Waals surface area contributed by atoms with Crippen LogP contribution in [0.5, 0.6) is 0 Å². The van der Waals surface area contributed by atoms with Crippen molar-refractivity contribution in [1.29, 1.82) is 0 Å². The van der Waals surface area contributed by atoms with Crippen LogP contribution in [0.4, 0.5) is 13.2 Å². The molecule has 14 heavy (non-hydrogen) atoms. The quantitative estimate of drug-likeness (QED) is 0.801. The van der Waals surface area contributed by atoms with Crippen molar-refractivity contribution in [2.45, 2.75) is 12.6 Å². The molecule has 1 rings (SSSR count). The van der Waals surface area contributed by atoms with E-state index in [9.17, 15) is 18.0 Å². The molecule has 6 heteroatoms. The van der Waals surface area contributed by atoms with Crippen LogP contribution in [0.1, 0.15) is 16.1 Å². The fourth-order valence-corrected chi connectivity index (χ4v) is 0.933. The number of aromatic nitrogens is 1. The van der Waals surface area contributed by atoms with Crippen molar-refractivity contribution in [2.75, 3.05) is 0 Å². The Bertz CT molecular complexity index is 349. The second-order valence-electron chi connectivity index (χ2n) is 2.65. The summed E-state index contributed by atoms with van der Waals surface area (Å²) in [5.74, 6) is -1.34. The molecule has 0 amide bonds. The Morgan fingerprint density at radius 1 is 1.50 bits per heavy atom. The number of carboxylic acid groups (broad SMARTS) is 1. The minimum atomic E-state index is -4.34. The molecule has 0 aromatic carbocycles. The molecule has 0 bridgehead atoms. The summed E-state index contributed by atoms with van der Waals surface area (Å²) in [4.78, 5) is 13.8. The highest BCUT2D eigenvalue weighted by molar-refractivity contribution is 5.85. The average Bonchev–Trinajstić information content (AvgIpc) is 2.01. The molecule has 0 aliphatic rings. The number of carbonyl (C=O) groups is 1. The molecular weight excluding hydrogens is 199 g/mol. The highest BCUT2D eigenvalue weighted by Crippen LogP contribution is 2.21. The van der Waals surface area contributed by atoms with E-state index in [1.807, 2.05) is 0 Å². The smallest absolute Gasteiger partial charge is 0.393 e. The van der Waals surface area contributed by atoms with Gasteiger partial charge in [-0.25, -0.2) is 9.78 Å². The number of nitrogens with zero attached hydrogens (tertiary/aromatic N) is 1. The predicted octanol–water partition coefficient (Wildman–Crippen LogP) is 1.88. The number of pyridine rings is 1. The number of rotatable bonds is 2. The number of aromatic carboxylic acids is 1. The SMILES string of the molecule is O=C(O)c1cc(CC(F)(F)F)ccn1. The lowest BCUT2D eigenvalue weighted by Gasteiger charge is -2.05. The van der Waals surface area contributed by atoms with Crippen LogP contribution >= 0.6 is 0 Å². The minimum absolute atomic E-state index is 0.107. The lowest BCUT2D eigenvalue weighted by atomic mass is 10.1. The number of halogens is 3. The maximum absolute atomic E-state index is 11.9. The fraction of sp³-hybridized carbons (Fsp3) is 0.250. The molecule has 1 heterocycles. The van der Waals surface area contributed by atoms with Crippen LogP contribution in [0.15, 0.2) is 18.3 Å². The Balaban J connectivity index is 2.89. The molecule has 0 spiro atoms. The minimum Gasteiger partial charge on any atom is -0.477 e. The van der Waals surface area contributed by atoms with E-state index < -0.39 is 18.6 Å². The standard InChI is InChI=1S/C8H6F3NO2/c9-8(10,11)4-5-1-2-12-6(3-5)7(13)14/h1-3H,4H2,(H,13,14). The normalized spacial score (nSPS) is 11.4. The monoisotopic (exact) mass is 205 g/mol. The zero-order chi connectivity index (χ0) is 10.8. The second-order valence-corrected chi connectivity index (χ2v) is 2.65. The molecule has 0 atom stereocenters. The molecule has 1 N–H and O–H groups in total. The molecule has 0 unspecified atom stereocenters. The molecule has 0 saturated heterocycles. The molecule has 1 aromatic rings. The van der Waals surface area contributed by atoms with Gasteiger partial charge < -0.3 is 5.11 Å². The van der Waals surface area contributed by atoms with Gasteiger partial charge in [-0.3, -0.25) is 0 Å². The fourth-order valence-electron chi connectivity index (χ4n) is 0.933. The van der Waals surface area contributed by atoms with Crippen molar-refractivity contribution in [1.82, 2.24) is 4.98 Å². The third-order valence-electron chi connectivity index (χ3n) is 1.45. The van der Waals surface area contributed by atoms with Crippen molar-refractivity contribution in [2.24, 2.45) is 0 Å². The Labute approximate surface area is 77.2 Å². The summed E-state index contributed by atoms with van der Waals surface area (Å²) in [6, 6.07) is 2.05. The number of hydrogen-bond donors (Lipinski definition) is 1. The molecule has 0 radical (unpaired) electrons. The maximum atomic E-state index is 11.9. The van der Waals surface area contributed by atoms with Gasteiger partial charge in [0.1, 0.15) is 5.69 Å². The van der Waals surface area contributed by atoms with Gasteiger partial charge in [-0.1, -0.05) is 0 Å². The Morgan fingerprint density at radius 3 is 2.64 bits per heavy atom. The van der Waals surface area contributed by atoms with Crippen LogP contribution in [-0.2, 0) is 6.42 Å². The Morgan fingerprint density at radius 2 is 2.14 bits per heavy atom. The van der Waals surface area contributed by atoms with E-state index in [-0.39, 0.29) is 11.3 Å². The third-order valence-corrected chi connectivity index (χ3v) is 1.45. The molecule has 76 valence electrons. The van der Waals surface area contributed by atoms with Crippen LogP contribution in [0.3, 0.4) is 0 Å². The first kappa shape index (κ1) is 10.5. The van der Waals surface area contributed by atoms with Crippen molar-refractivity contribution in [3.8, 4) is 0 Å². The molecule has 0 aliphatic heterocycles. The van der Waals surface area contributed by atoms with E-state index in [4.69, 9.17) is 5.11 Å². The summed E-state index contributed by atoms with van der Waals surface area (Å²) in [5.41, 5.74) is -0.489. The van der Waals surface area contributed by atoms with Crippen LogP contribution in [-0.4, -0.2) is 22.2 Å². The number of alkyl halides is 3. The zero-order valence-electron chi connectivity index (χ0n) is 6.88. The molecule has 3 nitrogen and oxygen atoms in total. The zero-order valence-corrected chi connectivity index (χ0v) is 6.88. The van der Waals surface area contributed by atoms with Gasteiger partial charge in [0.05, 0.1) is 6.42 Å². The van der Waals surface area contributed by atoms with Gasteiger partial charge in [0.2, 0.25) is 0 Å². The van der Waals surface area contributed by atoms with Gasteiger partial charge in [-0.2, -0.15) is 13.2 Å². The van der Waals surface area contributed by atoms with Crippen LogP contribution < -0.4 is 0 Å². The first-order valence-corrected chi connectivity index (χ1v) is 3.63. The second kappa shape index (κ2) is 3.65. The Kier molecular flexibility index (Phi) is 2.73. The number of hydrogen-bond acceptors (Lipinski definition) is 2. The topological polar surface area (TPSA) is 50.2 Å². The largest absolute Gasteiger partial charge is 0.477 e. The number of carboxylic acids is 1. The summed E-state index contributed by atoms with van der Waals surface area (Å²) in [5, 5.41) is 8.46. The van der Waals surface area contributed by atoms with E-state index in [2.05, 4.69) is 4.98 Å². The molecule has 0 fully saturated rings. The van der Waals surface area contributed by atoms with Gasteiger partial charge in [0.25, 0.3) is 0 Å². The predicted molar refractivity (Wildman–Crippen MR) is 41.0 cm³/mol. The highest BCUT2D eigenvalue weighted by atomic mass is 19.4. The van der Waals surface area contributed by atoms with Crippen LogP contribution in [0.25, 0.3) is 0 Å².